The van der Waals surface area contributed by atoms with Crippen LogP contribution >= 0.6 is 0 Å². The van der Waals surface area contributed by atoms with Crippen LogP contribution in [0.3, 0.4) is 0 Å². The van der Waals surface area contributed by atoms with Gasteiger partial charge in [0.1, 0.15) is 0 Å². The summed E-state index contributed by atoms with van der Waals surface area (Å²) in [6.07, 6.45) is 1.01. The Balaban J connectivity index is 2.53. The van der Waals surface area contributed by atoms with Crippen molar-refractivity contribution in [1.82, 2.24) is 5.32 Å². The Kier molecular flexibility index (Phi) is 4.13. The third-order valence-electron chi connectivity index (χ3n) is 2.11. The molecule has 0 aromatic heterocycles. The molecule has 0 heterocycles. The molecule has 3 nitrogen and oxygen atoms in total. The van der Waals surface area contributed by atoms with Crippen molar-refractivity contribution in [1.29, 1.82) is 0 Å². The third-order valence-corrected chi connectivity index (χ3v) is 2.11. The number of hydrogen-bond donors (Lipinski definition) is 2. The van der Waals surface area contributed by atoms with Crippen LogP contribution in [-0.2, 0) is 17.8 Å². The molecule has 3 N–H and O–H groups in total. The number of nitrogens with one attached hydrogen (secondary N) is 1. The number of benzene rings is 1. The van der Waals surface area contributed by atoms with Crippen molar-refractivity contribution < 1.29 is 4.79 Å². The van der Waals surface area contributed by atoms with E-state index in [-0.39, 0.29) is 12.5 Å². The van der Waals surface area contributed by atoms with E-state index in [1.807, 2.05) is 12.1 Å². The highest BCUT2D eigenvalue weighted by Gasteiger charge is 1.99. The molecule has 0 aliphatic rings. The van der Waals surface area contributed by atoms with Gasteiger partial charge in [0.25, 0.3) is 0 Å². The average Bonchev–Trinajstić information content (AvgIpc) is 2.18. The molecule has 0 aliphatic carbocycles. The Morgan fingerprint density at radius 2 is 2.00 bits per heavy atom. The van der Waals surface area contributed by atoms with Gasteiger partial charge in [0, 0.05) is 6.54 Å². The van der Waals surface area contributed by atoms with Crippen LogP contribution in [0.1, 0.15) is 18.1 Å². The summed E-state index contributed by atoms with van der Waals surface area (Å²) in [5.41, 5.74) is 7.57. The smallest absolute Gasteiger partial charge is 0.231 e. The molecule has 0 aliphatic heterocycles. The lowest BCUT2D eigenvalue weighted by Gasteiger charge is -2.07. The lowest BCUT2D eigenvalue weighted by Crippen LogP contribution is -2.28. The summed E-state index contributed by atoms with van der Waals surface area (Å²) >= 11 is 0. The van der Waals surface area contributed by atoms with Crippen LogP contribution in [0.25, 0.3) is 0 Å². The maximum absolute atomic E-state index is 10.5. The van der Waals surface area contributed by atoms with Crippen LogP contribution in [0.2, 0.25) is 0 Å². The minimum Gasteiger partial charge on any atom is -0.369 e. The second-order valence-corrected chi connectivity index (χ2v) is 3.19. The van der Waals surface area contributed by atoms with Gasteiger partial charge < -0.3 is 11.1 Å². The predicted octanol–water partition coefficient (Wildman–Crippen LogP) is 0.824. The van der Waals surface area contributed by atoms with Crippen LogP contribution < -0.4 is 11.1 Å². The van der Waals surface area contributed by atoms with Gasteiger partial charge in [-0.3, -0.25) is 4.79 Å². The SMILES string of the molecule is CCc1ccccc1CNCC(N)=O. The largest absolute Gasteiger partial charge is 0.369 e. The van der Waals surface area contributed by atoms with Gasteiger partial charge in [0.05, 0.1) is 6.54 Å². The summed E-state index contributed by atoms with van der Waals surface area (Å²) in [4.78, 5) is 10.5. The van der Waals surface area contributed by atoms with E-state index in [2.05, 4.69) is 24.4 Å². The molecule has 1 amide bonds. The molecule has 0 spiro atoms. The molecule has 0 atom stereocenters. The summed E-state index contributed by atoms with van der Waals surface area (Å²) < 4.78 is 0. The van der Waals surface area contributed by atoms with Gasteiger partial charge in [-0.25, -0.2) is 0 Å². The first kappa shape index (κ1) is 10.7. The number of aryl methyl sites for hydroxylation is 1. The molecule has 1 aromatic rings. The highest BCUT2D eigenvalue weighted by Crippen LogP contribution is 2.08. The van der Waals surface area contributed by atoms with Crippen LogP contribution in [0, 0.1) is 0 Å². The number of hydrogen-bond acceptors (Lipinski definition) is 2. The number of primary amides is 1. The second-order valence-electron chi connectivity index (χ2n) is 3.19. The van der Waals surface area contributed by atoms with Crippen LogP contribution in [0.4, 0.5) is 0 Å². The van der Waals surface area contributed by atoms with Gasteiger partial charge in [0.15, 0.2) is 0 Å². The first-order valence-corrected chi connectivity index (χ1v) is 4.80. The van der Waals surface area contributed by atoms with Gasteiger partial charge in [-0.05, 0) is 17.5 Å². The van der Waals surface area contributed by atoms with E-state index in [1.165, 1.54) is 11.1 Å². The fraction of sp³-hybridized carbons (Fsp3) is 0.364. The van der Waals surface area contributed by atoms with Crippen molar-refractivity contribution >= 4 is 5.91 Å². The Labute approximate surface area is 84.3 Å². The summed E-state index contributed by atoms with van der Waals surface area (Å²) in [5, 5.41) is 3.00. The molecule has 14 heavy (non-hydrogen) atoms. The van der Waals surface area contributed by atoms with E-state index < -0.39 is 0 Å². The Bertz CT molecular complexity index is 310. The maximum Gasteiger partial charge on any atom is 0.231 e. The number of rotatable bonds is 5. The number of carbonyl (C=O) groups excluding carboxylic acids is 1. The van der Waals surface area contributed by atoms with Gasteiger partial charge in [-0.2, -0.15) is 0 Å². The quantitative estimate of drug-likeness (QED) is 0.725. The minimum atomic E-state index is -0.320. The Morgan fingerprint density at radius 1 is 1.36 bits per heavy atom. The number of nitrogens with two attached hydrogens (primary N) is 1. The normalized spacial score (nSPS) is 10.1. The minimum absolute atomic E-state index is 0.234. The fourth-order valence-corrected chi connectivity index (χ4v) is 1.40. The molecule has 0 unspecified atom stereocenters. The van der Waals surface area contributed by atoms with Gasteiger partial charge >= 0.3 is 0 Å². The highest BCUT2D eigenvalue weighted by molar-refractivity contribution is 5.75. The summed E-state index contributed by atoms with van der Waals surface area (Å²) in [6.45, 7) is 3.05. The first-order valence-electron chi connectivity index (χ1n) is 4.80. The molecular formula is C11H16N2O. The molecule has 0 bridgehead atoms. The van der Waals surface area contributed by atoms with E-state index in [0.29, 0.717) is 6.54 Å². The Morgan fingerprint density at radius 3 is 2.57 bits per heavy atom. The fourth-order valence-electron chi connectivity index (χ4n) is 1.40. The molecule has 0 saturated heterocycles. The van der Waals surface area contributed by atoms with Crippen molar-refractivity contribution in [3.63, 3.8) is 0 Å². The molecule has 0 fully saturated rings. The maximum atomic E-state index is 10.5. The van der Waals surface area contributed by atoms with Crippen molar-refractivity contribution in [2.75, 3.05) is 6.54 Å². The number of carbonyl (C=O) groups is 1. The van der Waals surface area contributed by atoms with E-state index in [4.69, 9.17) is 5.73 Å². The van der Waals surface area contributed by atoms with Gasteiger partial charge in [-0.15, -0.1) is 0 Å². The highest BCUT2D eigenvalue weighted by atomic mass is 16.1. The van der Waals surface area contributed by atoms with Gasteiger partial charge in [0.2, 0.25) is 5.91 Å². The molecule has 0 radical (unpaired) electrons. The topological polar surface area (TPSA) is 55.1 Å². The molecule has 1 aromatic carbocycles. The van der Waals surface area contributed by atoms with E-state index in [0.717, 1.165) is 6.42 Å². The molecular weight excluding hydrogens is 176 g/mol. The first-order chi connectivity index (χ1) is 6.74. The lowest BCUT2D eigenvalue weighted by atomic mass is 10.1. The van der Waals surface area contributed by atoms with E-state index >= 15 is 0 Å². The van der Waals surface area contributed by atoms with E-state index in [1.54, 1.807) is 0 Å². The van der Waals surface area contributed by atoms with Crippen molar-refractivity contribution in [2.45, 2.75) is 19.9 Å². The zero-order valence-corrected chi connectivity index (χ0v) is 8.42. The molecule has 1 rings (SSSR count). The van der Waals surface area contributed by atoms with Crippen LogP contribution in [0.15, 0.2) is 24.3 Å². The van der Waals surface area contributed by atoms with Gasteiger partial charge in [-0.1, -0.05) is 31.2 Å². The summed E-state index contributed by atoms with van der Waals surface area (Å²) in [7, 11) is 0. The summed E-state index contributed by atoms with van der Waals surface area (Å²) in [6, 6.07) is 8.19. The number of amides is 1. The standard InChI is InChI=1S/C11H16N2O/c1-2-9-5-3-4-6-10(9)7-13-8-11(12)14/h3-6,13H,2,7-8H2,1H3,(H2,12,14). The predicted molar refractivity (Wildman–Crippen MR) is 56.7 cm³/mol. The summed E-state index contributed by atoms with van der Waals surface area (Å²) in [5.74, 6) is -0.320. The van der Waals surface area contributed by atoms with E-state index in [9.17, 15) is 4.79 Å². The lowest BCUT2D eigenvalue weighted by molar-refractivity contribution is -0.117. The van der Waals surface area contributed by atoms with Crippen molar-refractivity contribution in [3.05, 3.63) is 35.4 Å². The van der Waals surface area contributed by atoms with Crippen molar-refractivity contribution in [3.8, 4) is 0 Å². The van der Waals surface area contributed by atoms with Crippen LogP contribution in [0.5, 0.6) is 0 Å². The zero-order valence-electron chi connectivity index (χ0n) is 8.42. The molecule has 76 valence electrons. The van der Waals surface area contributed by atoms with Crippen molar-refractivity contribution in [2.24, 2.45) is 5.73 Å². The molecule has 3 heteroatoms. The second kappa shape index (κ2) is 5.40. The average molecular weight is 192 g/mol. The van der Waals surface area contributed by atoms with Crippen LogP contribution in [-0.4, -0.2) is 12.5 Å². The molecule has 0 saturated carbocycles. The Hall–Kier alpha value is -1.35. The monoisotopic (exact) mass is 192 g/mol. The third kappa shape index (κ3) is 3.18. The zero-order chi connectivity index (χ0) is 10.4.